The molecule has 1 aliphatic heterocycles. The number of rotatable bonds is 5. The van der Waals surface area contributed by atoms with Gasteiger partial charge in [0.2, 0.25) is 5.88 Å². The van der Waals surface area contributed by atoms with Crippen LogP contribution in [0.1, 0.15) is 18.7 Å². The van der Waals surface area contributed by atoms with Gasteiger partial charge < -0.3 is 19.7 Å². The van der Waals surface area contributed by atoms with Crippen molar-refractivity contribution in [3.05, 3.63) is 18.1 Å². The van der Waals surface area contributed by atoms with Crippen LogP contribution < -0.4 is 10.1 Å². The normalized spacial score (nSPS) is 15.8. The lowest BCUT2D eigenvalue weighted by molar-refractivity contribution is 0.106. The first-order chi connectivity index (χ1) is 10.2. The number of aryl methyl sites for hydroxylation is 1. The quantitative estimate of drug-likeness (QED) is 0.819. The van der Waals surface area contributed by atoms with Gasteiger partial charge in [0.05, 0.1) is 6.61 Å². The molecule has 1 fully saturated rings. The van der Waals surface area contributed by atoms with Gasteiger partial charge in [0.15, 0.2) is 0 Å². The van der Waals surface area contributed by atoms with Crippen molar-refractivity contribution in [3.63, 3.8) is 0 Å². The Labute approximate surface area is 124 Å². The maximum absolute atomic E-state index is 11.9. The highest BCUT2D eigenvalue weighted by Crippen LogP contribution is 2.17. The second-order valence-electron chi connectivity index (χ2n) is 4.97. The largest absolute Gasteiger partial charge is 0.474 e. The van der Waals surface area contributed by atoms with E-state index in [0.717, 1.165) is 12.8 Å². The topological polar surface area (TPSA) is 76.6 Å². The number of carbonyl (C=O) groups is 1. The summed E-state index contributed by atoms with van der Waals surface area (Å²) in [5.74, 6) is 1.30. The van der Waals surface area contributed by atoms with Gasteiger partial charge in [-0.1, -0.05) is 0 Å². The highest BCUT2D eigenvalue weighted by Gasteiger charge is 2.23. The smallest absolute Gasteiger partial charge is 0.317 e. The van der Waals surface area contributed by atoms with E-state index in [4.69, 9.17) is 9.47 Å². The van der Waals surface area contributed by atoms with Gasteiger partial charge in [-0.3, -0.25) is 0 Å². The van der Waals surface area contributed by atoms with Gasteiger partial charge in [-0.2, -0.15) is 4.98 Å². The molecule has 21 heavy (non-hydrogen) atoms. The van der Waals surface area contributed by atoms with Crippen LogP contribution in [0.2, 0.25) is 0 Å². The number of urea groups is 1. The molecule has 0 atom stereocenters. The van der Waals surface area contributed by atoms with Gasteiger partial charge >= 0.3 is 6.03 Å². The molecule has 2 amide bonds. The molecule has 0 spiro atoms. The number of ether oxygens (including phenoxy) is 2. The van der Waals surface area contributed by atoms with E-state index in [1.54, 1.807) is 24.3 Å². The third-order valence-electron chi connectivity index (χ3n) is 3.35. The van der Waals surface area contributed by atoms with Crippen LogP contribution in [0.3, 0.4) is 0 Å². The van der Waals surface area contributed by atoms with Crippen molar-refractivity contribution in [1.82, 2.24) is 20.2 Å². The van der Waals surface area contributed by atoms with Crippen molar-refractivity contribution in [2.75, 3.05) is 33.4 Å². The lowest BCUT2D eigenvalue weighted by atomic mass is 10.1. The fourth-order valence-electron chi connectivity index (χ4n) is 2.22. The summed E-state index contributed by atoms with van der Waals surface area (Å²) >= 11 is 0. The zero-order chi connectivity index (χ0) is 15.1. The minimum absolute atomic E-state index is 0.0385. The van der Waals surface area contributed by atoms with Crippen LogP contribution in [-0.2, 0) is 4.74 Å². The molecular weight excluding hydrogens is 272 g/mol. The van der Waals surface area contributed by atoms with E-state index in [-0.39, 0.29) is 12.1 Å². The lowest BCUT2D eigenvalue weighted by Crippen LogP contribution is -2.47. The summed E-state index contributed by atoms with van der Waals surface area (Å²) in [5.41, 5.74) is 0. The number of aromatic nitrogens is 2. The van der Waals surface area contributed by atoms with Crippen LogP contribution in [0.15, 0.2) is 12.3 Å². The molecule has 2 heterocycles. The summed E-state index contributed by atoms with van der Waals surface area (Å²) < 4.78 is 10.7. The molecule has 0 radical (unpaired) electrons. The van der Waals surface area contributed by atoms with Crippen molar-refractivity contribution in [3.8, 4) is 5.88 Å². The van der Waals surface area contributed by atoms with E-state index in [1.807, 2.05) is 6.92 Å². The summed E-state index contributed by atoms with van der Waals surface area (Å²) in [6.07, 6.45) is 3.40. The maximum atomic E-state index is 11.9. The van der Waals surface area contributed by atoms with Gasteiger partial charge in [-0.25, -0.2) is 9.78 Å². The fourth-order valence-corrected chi connectivity index (χ4v) is 2.22. The molecule has 1 N–H and O–H groups in total. The van der Waals surface area contributed by atoms with E-state index >= 15 is 0 Å². The Balaban J connectivity index is 1.74. The Morgan fingerprint density at radius 3 is 2.90 bits per heavy atom. The predicted octanol–water partition coefficient (Wildman–Crippen LogP) is 0.984. The first-order valence-electron chi connectivity index (χ1n) is 7.17. The molecule has 7 heteroatoms. The Hall–Kier alpha value is -1.89. The minimum atomic E-state index is -0.0385. The molecule has 0 saturated carbocycles. The zero-order valence-electron chi connectivity index (χ0n) is 12.5. The molecule has 2 rings (SSSR count). The molecule has 1 aromatic rings. The van der Waals surface area contributed by atoms with Gasteiger partial charge in [-0.05, 0) is 6.92 Å². The van der Waals surface area contributed by atoms with Crippen molar-refractivity contribution in [2.24, 2.45) is 0 Å². The number of carbonyl (C=O) groups excluding carboxylic acids is 1. The first kappa shape index (κ1) is 15.5. The molecule has 0 aromatic carbocycles. The second kappa shape index (κ2) is 7.78. The molecule has 1 aromatic heterocycles. The molecule has 1 aliphatic rings. The summed E-state index contributed by atoms with van der Waals surface area (Å²) in [5, 5.41) is 2.83. The molecule has 1 saturated heterocycles. The van der Waals surface area contributed by atoms with Gasteiger partial charge in [0.1, 0.15) is 11.9 Å². The first-order valence-corrected chi connectivity index (χ1v) is 7.17. The van der Waals surface area contributed by atoms with Crippen LogP contribution in [0, 0.1) is 6.92 Å². The number of nitrogens with zero attached hydrogens (tertiary/aromatic N) is 3. The monoisotopic (exact) mass is 294 g/mol. The van der Waals surface area contributed by atoms with Crippen molar-refractivity contribution >= 4 is 6.03 Å². The number of hydrogen-bond acceptors (Lipinski definition) is 5. The number of likely N-dealkylation sites (tertiary alicyclic amines) is 1. The molecule has 0 aliphatic carbocycles. The minimum Gasteiger partial charge on any atom is -0.474 e. The maximum Gasteiger partial charge on any atom is 0.317 e. The Morgan fingerprint density at radius 2 is 2.24 bits per heavy atom. The average Bonchev–Trinajstić information content (AvgIpc) is 2.48. The van der Waals surface area contributed by atoms with E-state index in [9.17, 15) is 4.79 Å². The summed E-state index contributed by atoms with van der Waals surface area (Å²) in [4.78, 5) is 22.0. The fraction of sp³-hybridized carbons (Fsp3) is 0.643. The Bertz CT molecular complexity index is 461. The highest BCUT2D eigenvalue weighted by atomic mass is 16.5. The van der Waals surface area contributed by atoms with Gasteiger partial charge in [0.25, 0.3) is 0 Å². The predicted molar refractivity (Wildman–Crippen MR) is 77.3 cm³/mol. The number of amides is 2. The third kappa shape index (κ3) is 4.86. The molecule has 7 nitrogen and oxygen atoms in total. The lowest BCUT2D eigenvalue weighted by Gasteiger charge is -2.31. The van der Waals surface area contributed by atoms with Gasteiger partial charge in [-0.15, -0.1) is 0 Å². The number of piperidine rings is 1. The third-order valence-corrected chi connectivity index (χ3v) is 3.35. The molecule has 0 unspecified atom stereocenters. The number of hydrogen-bond donors (Lipinski definition) is 1. The Kier molecular flexibility index (Phi) is 5.74. The van der Waals surface area contributed by atoms with Crippen molar-refractivity contribution in [2.45, 2.75) is 25.9 Å². The average molecular weight is 294 g/mol. The zero-order valence-corrected chi connectivity index (χ0v) is 12.5. The standard InChI is InChI=1S/C14H22N4O3/c1-11-15-6-3-13(17-11)21-12-4-8-18(9-5-12)14(19)16-7-10-20-2/h3,6,12H,4-5,7-10H2,1-2H3,(H,16,19). The van der Waals surface area contributed by atoms with E-state index in [2.05, 4.69) is 15.3 Å². The molecule has 0 bridgehead atoms. The van der Waals surface area contributed by atoms with E-state index in [0.29, 0.717) is 37.9 Å². The van der Waals surface area contributed by atoms with Crippen molar-refractivity contribution < 1.29 is 14.3 Å². The second-order valence-corrected chi connectivity index (χ2v) is 4.97. The summed E-state index contributed by atoms with van der Waals surface area (Å²) in [6.45, 7) is 4.27. The number of nitrogens with one attached hydrogen (secondary N) is 1. The summed E-state index contributed by atoms with van der Waals surface area (Å²) in [7, 11) is 1.61. The van der Waals surface area contributed by atoms with E-state index < -0.39 is 0 Å². The SMILES string of the molecule is COCCNC(=O)N1CCC(Oc2ccnc(C)n2)CC1. The Morgan fingerprint density at radius 1 is 1.48 bits per heavy atom. The van der Waals surface area contributed by atoms with Crippen LogP contribution in [0.5, 0.6) is 5.88 Å². The highest BCUT2D eigenvalue weighted by molar-refractivity contribution is 5.74. The van der Waals surface area contributed by atoms with Crippen LogP contribution in [0.4, 0.5) is 4.79 Å². The van der Waals surface area contributed by atoms with E-state index in [1.165, 1.54) is 0 Å². The number of methoxy groups -OCH3 is 1. The molecule has 116 valence electrons. The van der Waals surface area contributed by atoms with Crippen LogP contribution in [0.25, 0.3) is 0 Å². The molecular formula is C14H22N4O3. The van der Waals surface area contributed by atoms with Crippen LogP contribution >= 0.6 is 0 Å². The van der Waals surface area contributed by atoms with Crippen molar-refractivity contribution in [1.29, 1.82) is 0 Å². The van der Waals surface area contributed by atoms with Gasteiger partial charge in [0, 0.05) is 51.8 Å². The summed E-state index contributed by atoms with van der Waals surface area (Å²) in [6, 6.07) is 1.72. The van der Waals surface area contributed by atoms with Crippen LogP contribution in [-0.4, -0.2) is 60.4 Å².